The molecule has 2 rings (SSSR count). The Balaban J connectivity index is 2.11. The zero-order valence-corrected chi connectivity index (χ0v) is 12.7. The fraction of sp³-hybridized carbons (Fsp3) is 0.533. The number of carbonyl (C=O) groups excluding carboxylic acids is 1. The van der Waals surface area contributed by atoms with Gasteiger partial charge < -0.3 is 15.0 Å². The van der Waals surface area contributed by atoms with Crippen molar-refractivity contribution in [2.24, 2.45) is 5.92 Å². The van der Waals surface area contributed by atoms with E-state index >= 15 is 0 Å². The van der Waals surface area contributed by atoms with Gasteiger partial charge in [0.2, 0.25) is 0 Å². The molecule has 1 aliphatic heterocycles. The molecule has 110 valence electrons. The second-order valence-electron chi connectivity index (χ2n) is 5.14. The Morgan fingerprint density at radius 1 is 1.55 bits per heavy atom. The van der Waals surface area contributed by atoms with Gasteiger partial charge in [-0.3, -0.25) is 4.79 Å². The number of ether oxygens (including phenoxy) is 1. The number of nitrogens with zero attached hydrogens (tertiary/aromatic N) is 1. The van der Waals surface area contributed by atoms with Gasteiger partial charge in [0.1, 0.15) is 0 Å². The second-order valence-corrected chi connectivity index (χ2v) is 5.57. The molecule has 1 atom stereocenters. The topological polar surface area (TPSA) is 41.6 Å². The van der Waals surface area contributed by atoms with Crippen molar-refractivity contribution in [2.75, 3.05) is 38.7 Å². The van der Waals surface area contributed by atoms with Gasteiger partial charge in [-0.1, -0.05) is 11.6 Å². The molecule has 20 heavy (non-hydrogen) atoms. The second kappa shape index (κ2) is 6.95. The Hall–Kier alpha value is -1.26. The van der Waals surface area contributed by atoms with E-state index in [0.29, 0.717) is 16.5 Å². The monoisotopic (exact) mass is 296 g/mol. The molecule has 1 saturated heterocycles. The summed E-state index contributed by atoms with van der Waals surface area (Å²) < 4.78 is 5.35. The van der Waals surface area contributed by atoms with Crippen LogP contribution in [0.15, 0.2) is 18.2 Å². The highest BCUT2D eigenvalue weighted by atomic mass is 35.5. The van der Waals surface area contributed by atoms with Crippen molar-refractivity contribution >= 4 is 23.2 Å². The number of hydrogen-bond acceptors (Lipinski definition) is 3. The minimum absolute atomic E-state index is 0.00431. The van der Waals surface area contributed by atoms with Crippen molar-refractivity contribution in [1.82, 2.24) is 4.90 Å². The molecule has 0 radical (unpaired) electrons. The van der Waals surface area contributed by atoms with E-state index < -0.39 is 0 Å². The Labute approximate surface area is 125 Å². The lowest BCUT2D eigenvalue weighted by atomic mass is 10.1. The fourth-order valence-corrected chi connectivity index (χ4v) is 2.61. The number of halogens is 1. The third-order valence-electron chi connectivity index (χ3n) is 3.48. The van der Waals surface area contributed by atoms with Crippen LogP contribution in [0.4, 0.5) is 5.69 Å². The smallest absolute Gasteiger partial charge is 0.255 e. The highest BCUT2D eigenvalue weighted by Gasteiger charge is 2.22. The summed E-state index contributed by atoms with van der Waals surface area (Å²) in [6.07, 6.45) is 1.02. The van der Waals surface area contributed by atoms with Crippen LogP contribution >= 0.6 is 11.6 Å². The van der Waals surface area contributed by atoms with Crippen molar-refractivity contribution in [1.29, 1.82) is 0 Å². The Bertz CT molecular complexity index is 473. The van der Waals surface area contributed by atoms with Gasteiger partial charge in [-0.05, 0) is 31.5 Å². The maximum atomic E-state index is 12.6. The van der Waals surface area contributed by atoms with Crippen LogP contribution in [0.25, 0.3) is 0 Å². The molecule has 1 aromatic carbocycles. The molecule has 1 heterocycles. The number of anilines is 1. The van der Waals surface area contributed by atoms with E-state index in [9.17, 15) is 4.79 Å². The number of nitrogens with one attached hydrogen (secondary N) is 1. The van der Waals surface area contributed by atoms with E-state index in [4.69, 9.17) is 16.3 Å². The molecule has 1 N–H and O–H groups in total. The van der Waals surface area contributed by atoms with Gasteiger partial charge in [-0.2, -0.15) is 0 Å². The highest BCUT2D eigenvalue weighted by Crippen LogP contribution is 2.23. The van der Waals surface area contributed by atoms with Crippen LogP contribution < -0.4 is 5.32 Å². The number of amides is 1. The molecule has 0 spiro atoms. The molecule has 0 unspecified atom stereocenters. The van der Waals surface area contributed by atoms with Crippen molar-refractivity contribution < 1.29 is 9.53 Å². The molecule has 1 aromatic rings. The molecule has 0 aromatic heterocycles. The van der Waals surface area contributed by atoms with Gasteiger partial charge in [-0.15, -0.1) is 0 Å². The number of carbonyl (C=O) groups is 1. The van der Waals surface area contributed by atoms with Crippen LogP contribution in [0.1, 0.15) is 23.7 Å². The molecule has 0 bridgehead atoms. The molecule has 1 fully saturated rings. The van der Waals surface area contributed by atoms with Crippen molar-refractivity contribution in [2.45, 2.75) is 13.3 Å². The first-order chi connectivity index (χ1) is 9.61. The summed E-state index contributed by atoms with van der Waals surface area (Å²) in [6.45, 7) is 5.03. The summed E-state index contributed by atoms with van der Waals surface area (Å²) in [5.74, 6) is 0.432. The van der Waals surface area contributed by atoms with Crippen LogP contribution in [0, 0.1) is 5.92 Å². The maximum Gasteiger partial charge on any atom is 0.255 e. The van der Waals surface area contributed by atoms with Gasteiger partial charge in [-0.25, -0.2) is 0 Å². The summed E-state index contributed by atoms with van der Waals surface area (Å²) in [5.41, 5.74) is 1.46. The molecule has 5 heteroatoms. The Morgan fingerprint density at radius 2 is 2.35 bits per heavy atom. The molecule has 1 amide bonds. The van der Waals surface area contributed by atoms with Crippen LogP contribution in [0.5, 0.6) is 0 Å². The van der Waals surface area contributed by atoms with Gasteiger partial charge in [0, 0.05) is 43.4 Å². The fourth-order valence-electron chi connectivity index (χ4n) is 2.44. The molecular weight excluding hydrogens is 276 g/mol. The quantitative estimate of drug-likeness (QED) is 0.908. The van der Waals surface area contributed by atoms with Gasteiger partial charge in [0.15, 0.2) is 0 Å². The van der Waals surface area contributed by atoms with Gasteiger partial charge >= 0.3 is 0 Å². The van der Waals surface area contributed by atoms with Crippen LogP contribution in [0.2, 0.25) is 5.02 Å². The molecule has 1 aliphatic rings. The van der Waals surface area contributed by atoms with Crippen molar-refractivity contribution in [3.8, 4) is 0 Å². The van der Waals surface area contributed by atoms with E-state index in [1.807, 2.05) is 20.0 Å². The standard InChI is InChI=1S/C15H21ClN2O2/c1-3-17-14-5-4-12(16)8-13(14)15(19)18(2)9-11-6-7-20-10-11/h4-5,8,11,17H,3,6-7,9-10H2,1-2H3/t11-/m0/s1. The molecule has 4 nitrogen and oxygen atoms in total. The summed E-state index contributed by atoms with van der Waals surface area (Å²) in [4.78, 5) is 14.3. The largest absolute Gasteiger partial charge is 0.385 e. The first-order valence-electron chi connectivity index (χ1n) is 6.98. The Kier molecular flexibility index (Phi) is 5.26. The summed E-state index contributed by atoms with van der Waals surface area (Å²) >= 11 is 6.02. The lowest BCUT2D eigenvalue weighted by Gasteiger charge is -2.22. The van der Waals surface area contributed by atoms with Crippen molar-refractivity contribution in [3.05, 3.63) is 28.8 Å². The molecular formula is C15H21ClN2O2. The van der Waals surface area contributed by atoms with Crippen molar-refractivity contribution in [3.63, 3.8) is 0 Å². The lowest BCUT2D eigenvalue weighted by molar-refractivity contribution is 0.0767. The number of benzene rings is 1. The SMILES string of the molecule is CCNc1ccc(Cl)cc1C(=O)N(C)C[C@@H]1CCOC1. The van der Waals surface area contributed by atoms with E-state index in [-0.39, 0.29) is 5.91 Å². The number of rotatable bonds is 5. The zero-order valence-electron chi connectivity index (χ0n) is 12.0. The van der Waals surface area contributed by atoms with Crippen LogP contribution in [-0.4, -0.2) is 44.2 Å². The Morgan fingerprint density at radius 3 is 3.00 bits per heavy atom. The van der Waals surface area contributed by atoms with E-state index in [1.54, 1.807) is 17.0 Å². The van der Waals surface area contributed by atoms with Crippen LogP contribution in [0.3, 0.4) is 0 Å². The number of hydrogen-bond donors (Lipinski definition) is 1. The van der Waals surface area contributed by atoms with Gasteiger partial charge in [0.25, 0.3) is 5.91 Å². The summed E-state index contributed by atoms with van der Waals surface area (Å²) in [7, 11) is 1.83. The van der Waals surface area contributed by atoms with E-state index in [0.717, 1.165) is 38.4 Å². The molecule has 0 saturated carbocycles. The lowest BCUT2D eigenvalue weighted by Crippen LogP contribution is -2.32. The minimum atomic E-state index is -0.00431. The average Bonchev–Trinajstić information content (AvgIpc) is 2.93. The first-order valence-corrected chi connectivity index (χ1v) is 7.36. The summed E-state index contributed by atoms with van der Waals surface area (Å²) in [5, 5.41) is 3.78. The molecule has 0 aliphatic carbocycles. The highest BCUT2D eigenvalue weighted by molar-refractivity contribution is 6.31. The first kappa shape index (κ1) is 15.1. The third-order valence-corrected chi connectivity index (χ3v) is 3.72. The third kappa shape index (κ3) is 3.64. The van der Waals surface area contributed by atoms with Gasteiger partial charge in [0.05, 0.1) is 12.2 Å². The maximum absolute atomic E-state index is 12.6. The summed E-state index contributed by atoms with van der Waals surface area (Å²) in [6, 6.07) is 5.37. The normalized spacial score (nSPS) is 18.1. The average molecular weight is 297 g/mol. The zero-order chi connectivity index (χ0) is 14.5. The van der Waals surface area contributed by atoms with Crippen LogP contribution in [-0.2, 0) is 4.74 Å². The predicted octanol–water partition coefficient (Wildman–Crippen LogP) is 2.88. The van der Waals surface area contributed by atoms with E-state index in [2.05, 4.69) is 5.32 Å². The van der Waals surface area contributed by atoms with E-state index in [1.165, 1.54) is 0 Å². The predicted molar refractivity (Wildman–Crippen MR) is 81.5 cm³/mol. The minimum Gasteiger partial charge on any atom is -0.385 e.